The molecule has 0 atom stereocenters. The number of rotatable bonds is 21. The summed E-state index contributed by atoms with van der Waals surface area (Å²) in [5.74, 6) is 0.272. The van der Waals surface area contributed by atoms with Gasteiger partial charge in [-0.15, -0.1) is 0 Å². The minimum Gasteiger partial charge on any atom is -0.342 e. The van der Waals surface area contributed by atoms with Gasteiger partial charge in [-0.2, -0.15) is 0 Å². The Kier molecular flexibility index (Phi) is 22.2. The Hall–Kier alpha value is -0.0500. The van der Waals surface area contributed by atoms with Crippen molar-refractivity contribution in [3.05, 3.63) is 0 Å². The van der Waals surface area contributed by atoms with Crippen LogP contribution in [0.4, 0.5) is 0 Å². The van der Waals surface area contributed by atoms with E-state index in [9.17, 15) is 4.79 Å². The molecule has 1 amide bonds. The SMILES string of the molecule is CCCCCCCCCCCN(CCCCCCCCCCC)C(=O)CBr. The summed E-state index contributed by atoms with van der Waals surface area (Å²) in [6, 6.07) is 0. The predicted molar refractivity (Wildman–Crippen MR) is 125 cm³/mol. The Labute approximate surface area is 179 Å². The average Bonchev–Trinajstić information content (AvgIpc) is 2.69. The van der Waals surface area contributed by atoms with E-state index in [4.69, 9.17) is 0 Å². The van der Waals surface area contributed by atoms with Gasteiger partial charge in [-0.25, -0.2) is 0 Å². The second kappa shape index (κ2) is 22.2. The van der Waals surface area contributed by atoms with Crippen molar-refractivity contribution in [3.8, 4) is 0 Å². The topological polar surface area (TPSA) is 20.3 Å². The molecule has 0 saturated carbocycles. The first-order chi connectivity index (χ1) is 13.3. The highest BCUT2D eigenvalue weighted by atomic mass is 79.9. The van der Waals surface area contributed by atoms with Crippen LogP contribution in [0.5, 0.6) is 0 Å². The fraction of sp³-hybridized carbons (Fsp3) is 0.958. The summed E-state index contributed by atoms with van der Waals surface area (Å²) in [5, 5.41) is 0.474. The molecule has 0 saturated heterocycles. The third-order valence-electron chi connectivity index (χ3n) is 5.53. The van der Waals surface area contributed by atoms with Crippen LogP contribution in [0.1, 0.15) is 129 Å². The molecular weight excluding hydrogens is 398 g/mol. The molecule has 0 radical (unpaired) electrons. The van der Waals surface area contributed by atoms with Gasteiger partial charge in [-0.1, -0.05) is 133 Å². The normalized spacial score (nSPS) is 11.1. The van der Waals surface area contributed by atoms with E-state index in [-0.39, 0.29) is 5.91 Å². The molecule has 0 aromatic rings. The Morgan fingerprint density at radius 1 is 0.556 bits per heavy atom. The molecule has 0 bridgehead atoms. The van der Waals surface area contributed by atoms with Crippen molar-refractivity contribution < 1.29 is 4.79 Å². The van der Waals surface area contributed by atoms with E-state index in [1.165, 1.54) is 116 Å². The van der Waals surface area contributed by atoms with Crippen molar-refractivity contribution in [3.63, 3.8) is 0 Å². The number of halogens is 1. The first kappa shape index (κ1) is 27.0. The second-order valence-corrected chi connectivity index (χ2v) is 8.73. The summed E-state index contributed by atoms with van der Waals surface area (Å²) in [7, 11) is 0. The molecule has 0 rings (SSSR count). The van der Waals surface area contributed by atoms with Gasteiger partial charge in [-0.3, -0.25) is 4.79 Å². The molecule has 0 aliphatic heterocycles. The molecule has 0 heterocycles. The number of amides is 1. The monoisotopic (exact) mass is 445 g/mol. The van der Waals surface area contributed by atoms with Crippen LogP contribution < -0.4 is 0 Å². The molecule has 0 unspecified atom stereocenters. The highest BCUT2D eigenvalue weighted by Gasteiger charge is 2.11. The van der Waals surface area contributed by atoms with Gasteiger partial charge in [-0.05, 0) is 12.8 Å². The maximum absolute atomic E-state index is 12.1. The fourth-order valence-corrected chi connectivity index (χ4v) is 4.03. The Bertz CT molecular complexity index is 287. The number of carbonyl (C=O) groups is 1. The molecule has 3 heteroatoms. The highest BCUT2D eigenvalue weighted by molar-refractivity contribution is 9.09. The lowest BCUT2D eigenvalue weighted by Gasteiger charge is -2.22. The van der Waals surface area contributed by atoms with Crippen molar-refractivity contribution in [1.82, 2.24) is 4.90 Å². The summed E-state index contributed by atoms with van der Waals surface area (Å²) in [6.07, 6.45) is 24.1. The van der Waals surface area contributed by atoms with Crippen molar-refractivity contribution in [2.45, 2.75) is 129 Å². The molecular formula is C24H48BrNO. The molecule has 0 N–H and O–H groups in total. The summed E-state index contributed by atoms with van der Waals surface area (Å²) < 4.78 is 0. The van der Waals surface area contributed by atoms with Crippen molar-refractivity contribution >= 4 is 21.8 Å². The number of unbranched alkanes of at least 4 members (excludes halogenated alkanes) is 16. The summed E-state index contributed by atoms with van der Waals surface area (Å²) in [6.45, 7) is 6.46. The first-order valence-corrected chi connectivity index (χ1v) is 13.2. The Morgan fingerprint density at radius 3 is 1.15 bits per heavy atom. The van der Waals surface area contributed by atoms with Crippen LogP contribution >= 0.6 is 15.9 Å². The quantitative estimate of drug-likeness (QED) is 0.128. The highest BCUT2D eigenvalue weighted by Crippen LogP contribution is 2.12. The molecule has 0 aliphatic rings. The van der Waals surface area contributed by atoms with Gasteiger partial charge < -0.3 is 4.90 Å². The smallest absolute Gasteiger partial charge is 0.233 e. The molecule has 0 fully saturated rings. The van der Waals surface area contributed by atoms with E-state index in [1.54, 1.807) is 0 Å². The van der Waals surface area contributed by atoms with Gasteiger partial charge in [0.25, 0.3) is 0 Å². The van der Waals surface area contributed by atoms with Crippen LogP contribution in [0.15, 0.2) is 0 Å². The minimum atomic E-state index is 0.272. The first-order valence-electron chi connectivity index (χ1n) is 12.1. The summed E-state index contributed by atoms with van der Waals surface area (Å²) in [4.78, 5) is 14.2. The molecule has 0 aliphatic carbocycles. The number of hydrogen-bond acceptors (Lipinski definition) is 1. The largest absolute Gasteiger partial charge is 0.342 e. The molecule has 27 heavy (non-hydrogen) atoms. The molecule has 162 valence electrons. The number of nitrogens with zero attached hydrogens (tertiary/aromatic N) is 1. The summed E-state index contributed by atoms with van der Waals surface area (Å²) >= 11 is 3.35. The van der Waals surface area contributed by atoms with Gasteiger partial charge in [0.05, 0.1) is 5.33 Å². The van der Waals surface area contributed by atoms with Crippen molar-refractivity contribution in [2.75, 3.05) is 18.4 Å². The number of carbonyl (C=O) groups excluding carboxylic acids is 1. The second-order valence-electron chi connectivity index (χ2n) is 8.17. The van der Waals surface area contributed by atoms with E-state index in [0.29, 0.717) is 5.33 Å². The van der Waals surface area contributed by atoms with Gasteiger partial charge in [0.1, 0.15) is 0 Å². The maximum atomic E-state index is 12.1. The zero-order chi connectivity index (χ0) is 20.0. The van der Waals surface area contributed by atoms with E-state index in [2.05, 4.69) is 34.7 Å². The van der Waals surface area contributed by atoms with Gasteiger partial charge in [0.2, 0.25) is 5.91 Å². The van der Waals surface area contributed by atoms with E-state index in [1.807, 2.05) is 0 Å². The third-order valence-corrected chi connectivity index (χ3v) is 6.01. The lowest BCUT2D eigenvalue weighted by atomic mass is 10.1. The Balaban J connectivity index is 3.61. The molecule has 0 aromatic heterocycles. The molecule has 0 aromatic carbocycles. The van der Waals surface area contributed by atoms with E-state index < -0.39 is 0 Å². The van der Waals surface area contributed by atoms with Gasteiger partial charge >= 0.3 is 0 Å². The van der Waals surface area contributed by atoms with Crippen LogP contribution in [0, 0.1) is 0 Å². The zero-order valence-corrected chi connectivity index (χ0v) is 20.2. The lowest BCUT2D eigenvalue weighted by molar-refractivity contribution is -0.128. The van der Waals surface area contributed by atoms with E-state index in [0.717, 1.165) is 13.1 Å². The lowest BCUT2D eigenvalue weighted by Crippen LogP contribution is -2.33. The molecule has 2 nitrogen and oxygen atoms in total. The van der Waals surface area contributed by atoms with Crippen LogP contribution in [-0.4, -0.2) is 29.2 Å². The number of alkyl halides is 1. The van der Waals surface area contributed by atoms with Crippen LogP contribution in [0.3, 0.4) is 0 Å². The van der Waals surface area contributed by atoms with Crippen LogP contribution in [0.2, 0.25) is 0 Å². The summed E-state index contributed by atoms with van der Waals surface area (Å²) in [5.41, 5.74) is 0. The molecule has 0 spiro atoms. The zero-order valence-electron chi connectivity index (χ0n) is 18.6. The van der Waals surface area contributed by atoms with Crippen molar-refractivity contribution in [2.24, 2.45) is 0 Å². The predicted octanol–water partition coefficient (Wildman–Crippen LogP) is 8.27. The van der Waals surface area contributed by atoms with Gasteiger partial charge in [0.15, 0.2) is 0 Å². The van der Waals surface area contributed by atoms with Crippen molar-refractivity contribution in [1.29, 1.82) is 0 Å². The fourth-order valence-electron chi connectivity index (χ4n) is 3.67. The van der Waals surface area contributed by atoms with E-state index >= 15 is 0 Å². The average molecular weight is 447 g/mol. The third kappa shape index (κ3) is 19.1. The van der Waals surface area contributed by atoms with Gasteiger partial charge in [0, 0.05) is 13.1 Å². The number of hydrogen-bond donors (Lipinski definition) is 0. The maximum Gasteiger partial charge on any atom is 0.233 e. The Morgan fingerprint density at radius 2 is 0.852 bits per heavy atom. The van der Waals surface area contributed by atoms with Crippen LogP contribution in [-0.2, 0) is 4.79 Å². The minimum absolute atomic E-state index is 0.272. The standard InChI is InChI=1S/C24H48BrNO/c1-3-5-7-9-11-13-15-17-19-21-26(24(27)23-25)22-20-18-16-14-12-10-8-6-4-2/h3-23H2,1-2H3. The van der Waals surface area contributed by atoms with Crippen LogP contribution in [0.25, 0.3) is 0 Å².